The highest BCUT2D eigenvalue weighted by atomic mass is 127. The number of para-hydroxylation sites is 1. The third kappa shape index (κ3) is 8.27. The van der Waals surface area contributed by atoms with E-state index in [-0.39, 0.29) is 24.0 Å². The molecule has 0 aliphatic heterocycles. The molecule has 1 saturated carbocycles. The molecule has 1 N–H and O–H groups in total. The Hall–Kier alpha value is -1.02. The quantitative estimate of drug-likeness (QED) is 0.251. The lowest BCUT2D eigenvalue weighted by atomic mass is 10.2. The summed E-state index contributed by atoms with van der Waals surface area (Å²) in [6, 6.07) is 8.10. The molecule has 1 aliphatic carbocycles. The minimum Gasteiger partial charge on any atom is -0.496 e. The molecule has 0 spiro atoms. The number of rotatable bonds is 10. The van der Waals surface area contributed by atoms with Crippen LogP contribution in [0.15, 0.2) is 29.3 Å². The first-order valence-electron chi connectivity index (χ1n) is 8.93. The van der Waals surface area contributed by atoms with Crippen LogP contribution in [0, 0.1) is 5.92 Å². The fraction of sp³-hybridized carbons (Fsp3) is 0.632. The third-order valence-corrected chi connectivity index (χ3v) is 4.06. The van der Waals surface area contributed by atoms with Crippen LogP contribution < -0.4 is 10.1 Å². The van der Waals surface area contributed by atoms with Gasteiger partial charge in [-0.25, -0.2) is 0 Å². The fourth-order valence-electron chi connectivity index (χ4n) is 2.52. The highest BCUT2D eigenvalue weighted by Gasteiger charge is 2.20. The third-order valence-electron chi connectivity index (χ3n) is 4.06. The predicted molar refractivity (Wildman–Crippen MR) is 114 cm³/mol. The van der Waals surface area contributed by atoms with Gasteiger partial charge in [-0.15, -0.1) is 24.0 Å². The minimum atomic E-state index is 0. The Kier molecular flexibility index (Phi) is 10.9. The van der Waals surface area contributed by atoms with Crippen molar-refractivity contribution in [3.8, 4) is 5.75 Å². The molecule has 0 amide bonds. The lowest BCUT2D eigenvalue weighted by Crippen LogP contribution is -2.38. The van der Waals surface area contributed by atoms with Gasteiger partial charge >= 0.3 is 0 Å². The van der Waals surface area contributed by atoms with Gasteiger partial charge in [0.1, 0.15) is 5.75 Å². The van der Waals surface area contributed by atoms with Gasteiger partial charge in [0.2, 0.25) is 0 Å². The van der Waals surface area contributed by atoms with Crippen molar-refractivity contribution in [3.05, 3.63) is 29.8 Å². The van der Waals surface area contributed by atoms with Crippen molar-refractivity contribution < 1.29 is 9.47 Å². The van der Waals surface area contributed by atoms with Crippen LogP contribution in [0.5, 0.6) is 5.75 Å². The van der Waals surface area contributed by atoms with Gasteiger partial charge in [-0.1, -0.05) is 18.2 Å². The maximum Gasteiger partial charge on any atom is 0.193 e. The van der Waals surface area contributed by atoms with Gasteiger partial charge in [-0.2, -0.15) is 0 Å². The number of hydrogen-bond donors (Lipinski definition) is 1. The van der Waals surface area contributed by atoms with Crippen LogP contribution in [-0.4, -0.2) is 51.3 Å². The number of methoxy groups -OCH3 is 1. The van der Waals surface area contributed by atoms with Gasteiger partial charge in [0.25, 0.3) is 0 Å². The van der Waals surface area contributed by atoms with Crippen molar-refractivity contribution in [1.29, 1.82) is 0 Å². The van der Waals surface area contributed by atoms with Gasteiger partial charge in [-0.3, -0.25) is 4.99 Å². The number of nitrogens with one attached hydrogen (secondary N) is 1. The van der Waals surface area contributed by atoms with Crippen molar-refractivity contribution in [1.82, 2.24) is 10.2 Å². The normalized spacial score (nSPS) is 14.0. The maximum absolute atomic E-state index is 5.67. The summed E-state index contributed by atoms with van der Waals surface area (Å²) in [5, 5.41) is 3.35. The van der Waals surface area contributed by atoms with E-state index in [0.717, 1.165) is 62.5 Å². The standard InChI is InChI=1S/C19H31N3O2.HI/c1-4-20-19(21-12-7-13-24-15-16-10-11-16)22(2)14-17-8-5-6-9-18(17)23-3;/h5-6,8-9,16H,4,7,10-15H2,1-3H3,(H,20,21);1H. The first-order valence-corrected chi connectivity index (χ1v) is 8.93. The van der Waals surface area contributed by atoms with E-state index in [1.165, 1.54) is 12.8 Å². The molecule has 25 heavy (non-hydrogen) atoms. The zero-order valence-electron chi connectivity index (χ0n) is 15.7. The number of halogens is 1. The van der Waals surface area contributed by atoms with Gasteiger partial charge < -0.3 is 19.7 Å². The lowest BCUT2D eigenvalue weighted by Gasteiger charge is -2.23. The Morgan fingerprint density at radius 1 is 1.32 bits per heavy atom. The highest BCUT2D eigenvalue weighted by Crippen LogP contribution is 2.28. The summed E-state index contributed by atoms with van der Waals surface area (Å²) in [6.45, 7) is 6.21. The van der Waals surface area contributed by atoms with Crippen LogP contribution in [0.25, 0.3) is 0 Å². The Morgan fingerprint density at radius 2 is 2.08 bits per heavy atom. The summed E-state index contributed by atoms with van der Waals surface area (Å²) in [7, 11) is 3.76. The highest BCUT2D eigenvalue weighted by molar-refractivity contribution is 14.0. The number of guanidine groups is 1. The molecule has 1 fully saturated rings. The van der Waals surface area contributed by atoms with Crippen LogP contribution in [0.1, 0.15) is 31.7 Å². The van der Waals surface area contributed by atoms with Gasteiger partial charge in [0.15, 0.2) is 5.96 Å². The second kappa shape index (κ2) is 12.4. The largest absolute Gasteiger partial charge is 0.496 e. The molecule has 1 aromatic carbocycles. The van der Waals surface area contributed by atoms with Crippen molar-refractivity contribution in [2.45, 2.75) is 32.7 Å². The molecule has 142 valence electrons. The number of hydrogen-bond acceptors (Lipinski definition) is 3. The SMILES string of the molecule is CCNC(=NCCCOCC1CC1)N(C)Cc1ccccc1OC.I. The molecule has 1 aromatic rings. The fourth-order valence-corrected chi connectivity index (χ4v) is 2.52. The summed E-state index contributed by atoms with van der Waals surface area (Å²) in [5.74, 6) is 2.66. The van der Waals surface area contributed by atoms with E-state index >= 15 is 0 Å². The van der Waals surface area contributed by atoms with E-state index in [0.29, 0.717) is 0 Å². The molecule has 0 atom stereocenters. The van der Waals surface area contributed by atoms with E-state index < -0.39 is 0 Å². The van der Waals surface area contributed by atoms with Gasteiger partial charge in [0.05, 0.1) is 7.11 Å². The van der Waals surface area contributed by atoms with Crippen LogP contribution in [0.3, 0.4) is 0 Å². The van der Waals surface area contributed by atoms with Crippen molar-refractivity contribution in [2.24, 2.45) is 10.9 Å². The number of nitrogens with zero attached hydrogens (tertiary/aromatic N) is 2. The van der Waals surface area contributed by atoms with Crippen LogP contribution in [0.2, 0.25) is 0 Å². The molecular weight excluding hydrogens is 429 g/mol. The molecule has 5 nitrogen and oxygen atoms in total. The molecule has 0 aromatic heterocycles. The summed E-state index contributed by atoms with van der Waals surface area (Å²) < 4.78 is 11.1. The predicted octanol–water partition coefficient (Wildman–Crippen LogP) is 3.53. The first-order chi connectivity index (χ1) is 11.7. The monoisotopic (exact) mass is 461 g/mol. The van der Waals surface area contributed by atoms with Crippen LogP contribution in [-0.2, 0) is 11.3 Å². The Morgan fingerprint density at radius 3 is 2.76 bits per heavy atom. The van der Waals surface area contributed by atoms with Crippen molar-refractivity contribution >= 4 is 29.9 Å². The topological polar surface area (TPSA) is 46.1 Å². The smallest absolute Gasteiger partial charge is 0.193 e. The first kappa shape index (κ1) is 22.0. The lowest BCUT2D eigenvalue weighted by molar-refractivity contribution is 0.123. The molecule has 0 radical (unpaired) electrons. The Bertz CT molecular complexity index is 521. The summed E-state index contributed by atoms with van der Waals surface area (Å²) in [5.41, 5.74) is 1.15. The summed E-state index contributed by atoms with van der Waals surface area (Å²) >= 11 is 0. The zero-order chi connectivity index (χ0) is 17.2. The van der Waals surface area contributed by atoms with Crippen molar-refractivity contribution in [3.63, 3.8) is 0 Å². The molecule has 1 aliphatic rings. The van der Waals surface area contributed by atoms with Crippen molar-refractivity contribution in [2.75, 3.05) is 40.5 Å². The van der Waals surface area contributed by atoms with E-state index in [1.807, 2.05) is 18.2 Å². The maximum atomic E-state index is 5.67. The molecule has 0 bridgehead atoms. The van der Waals surface area contributed by atoms with E-state index in [1.54, 1.807) is 7.11 Å². The molecule has 6 heteroatoms. The second-order valence-electron chi connectivity index (χ2n) is 6.28. The van der Waals surface area contributed by atoms with Crippen LogP contribution >= 0.6 is 24.0 Å². The van der Waals surface area contributed by atoms with E-state index in [9.17, 15) is 0 Å². The molecule has 2 rings (SSSR count). The molecule has 0 saturated heterocycles. The van der Waals surface area contributed by atoms with Crippen LogP contribution in [0.4, 0.5) is 0 Å². The average Bonchev–Trinajstić information content (AvgIpc) is 3.41. The zero-order valence-corrected chi connectivity index (χ0v) is 18.0. The average molecular weight is 461 g/mol. The minimum absolute atomic E-state index is 0. The van der Waals surface area contributed by atoms with E-state index in [2.05, 4.69) is 30.3 Å². The summed E-state index contributed by atoms with van der Waals surface area (Å²) in [6.07, 6.45) is 3.65. The number of benzene rings is 1. The Labute approximate surface area is 169 Å². The second-order valence-corrected chi connectivity index (χ2v) is 6.28. The van der Waals surface area contributed by atoms with Gasteiger partial charge in [-0.05, 0) is 38.2 Å². The Balaban J connectivity index is 0.00000312. The number of aliphatic imine (C=N–C) groups is 1. The molecule has 0 heterocycles. The van der Waals surface area contributed by atoms with Gasteiger partial charge in [0, 0.05) is 45.5 Å². The number of ether oxygens (including phenoxy) is 2. The summed E-state index contributed by atoms with van der Waals surface area (Å²) in [4.78, 5) is 6.84. The molecular formula is C19H32IN3O2. The van der Waals surface area contributed by atoms with E-state index in [4.69, 9.17) is 14.5 Å². The molecule has 0 unspecified atom stereocenters.